The summed E-state index contributed by atoms with van der Waals surface area (Å²) in [5.41, 5.74) is 1.20. The third kappa shape index (κ3) is 4.19. The van der Waals surface area contributed by atoms with Crippen LogP contribution in [-0.2, 0) is 6.54 Å². The molecule has 2 rings (SSSR count). The highest BCUT2D eigenvalue weighted by atomic mass is 32.1. The van der Waals surface area contributed by atoms with Gasteiger partial charge >= 0.3 is 0 Å². The Hall–Kier alpha value is -0.610. The van der Waals surface area contributed by atoms with Gasteiger partial charge in [0, 0.05) is 24.5 Å². The summed E-state index contributed by atoms with van der Waals surface area (Å²) in [5.74, 6) is 1.61. The molecule has 1 aliphatic carbocycles. The molecule has 4 heteroatoms. The first-order valence-electron chi connectivity index (χ1n) is 8.02. The van der Waals surface area contributed by atoms with E-state index in [0.29, 0.717) is 5.92 Å². The van der Waals surface area contributed by atoms with E-state index < -0.39 is 0 Å². The summed E-state index contributed by atoms with van der Waals surface area (Å²) in [6.07, 6.45) is 4.23. The molecule has 1 N–H and O–H groups in total. The molecule has 1 saturated carbocycles. The van der Waals surface area contributed by atoms with Crippen molar-refractivity contribution in [2.45, 2.75) is 53.5 Å². The van der Waals surface area contributed by atoms with E-state index in [4.69, 9.17) is 4.98 Å². The zero-order valence-electron chi connectivity index (χ0n) is 13.4. The second-order valence-electron chi connectivity index (χ2n) is 6.37. The predicted molar refractivity (Wildman–Crippen MR) is 88.6 cm³/mol. The molecule has 0 amide bonds. The van der Waals surface area contributed by atoms with Crippen LogP contribution < -0.4 is 10.2 Å². The summed E-state index contributed by atoms with van der Waals surface area (Å²) in [6, 6.07) is 0. The maximum Gasteiger partial charge on any atom is 0.185 e. The molecule has 0 saturated heterocycles. The van der Waals surface area contributed by atoms with Crippen LogP contribution in [0.1, 0.15) is 50.6 Å². The Morgan fingerprint density at radius 3 is 2.70 bits per heavy atom. The second kappa shape index (κ2) is 7.41. The Labute approximate surface area is 127 Å². The van der Waals surface area contributed by atoms with Gasteiger partial charge in [-0.1, -0.05) is 20.3 Å². The van der Waals surface area contributed by atoms with E-state index in [1.807, 2.05) is 11.3 Å². The van der Waals surface area contributed by atoms with Crippen LogP contribution in [-0.4, -0.2) is 24.6 Å². The molecule has 0 atom stereocenters. The zero-order valence-corrected chi connectivity index (χ0v) is 14.2. The van der Waals surface area contributed by atoms with Gasteiger partial charge < -0.3 is 10.2 Å². The molecule has 20 heavy (non-hydrogen) atoms. The topological polar surface area (TPSA) is 28.2 Å². The van der Waals surface area contributed by atoms with Gasteiger partial charge in [-0.15, -0.1) is 11.3 Å². The smallest absolute Gasteiger partial charge is 0.185 e. The van der Waals surface area contributed by atoms with Crippen LogP contribution in [0.5, 0.6) is 0 Å². The zero-order chi connectivity index (χ0) is 14.5. The number of rotatable bonds is 8. The lowest BCUT2D eigenvalue weighted by molar-refractivity contribution is 0.318. The van der Waals surface area contributed by atoms with Crippen molar-refractivity contribution in [2.24, 2.45) is 11.8 Å². The second-order valence-corrected chi connectivity index (χ2v) is 7.43. The average molecular weight is 295 g/mol. The Morgan fingerprint density at radius 2 is 2.15 bits per heavy atom. The molecule has 0 bridgehead atoms. The first-order valence-corrected chi connectivity index (χ1v) is 8.83. The lowest BCUT2D eigenvalue weighted by atomic mass is 9.85. The highest BCUT2D eigenvalue weighted by molar-refractivity contribution is 7.15. The average Bonchev–Trinajstić information content (AvgIpc) is 2.69. The summed E-state index contributed by atoms with van der Waals surface area (Å²) < 4.78 is 0. The van der Waals surface area contributed by atoms with Crippen LogP contribution in [0, 0.1) is 18.8 Å². The minimum absolute atomic E-state index is 0.702. The minimum Gasteiger partial charge on any atom is -0.348 e. The molecule has 1 aromatic heterocycles. The summed E-state index contributed by atoms with van der Waals surface area (Å²) >= 11 is 1.87. The Kier molecular flexibility index (Phi) is 5.85. The standard InChI is InChI=1S/C16H29N3S/c1-5-19(11-14-7-6-8-14)16-18-13(4)15(20-16)10-17-9-12(2)3/h12,14,17H,5-11H2,1-4H3. The third-order valence-corrected chi connectivity index (χ3v) is 5.29. The SMILES string of the molecule is CCN(CC1CCC1)c1nc(C)c(CNCC(C)C)s1. The van der Waals surface area contributed by atoms with Gasteiger partial charge in [0.15, 0.2) is 5.13 Å². The molecule has 0 aromatic carbocycles. The lowest BCUT2D eigenvalue weighted by Gasteiger charge is -2.31. The largest absolute Gasteiger partial charge is 0.348 e. The number of nitrogens with one attached hydrogen (secondary N) is 1. The van der Waals surface area contributed by atoms with Crippen molar-refractivity contribution in [3.8, 4) is 0 Å². The number of hydrogen-bond donors (Lipinski definition) is 1. The van der Waals surface area contributed by atoms with Gasteiger partial charge in [-0.2, -0.15) is 0 Å². The monoisotopic (exact) mass is 295 g/mol. The van der Waals surface area contributed by atoms with E-state index in [0.717, 1.165) is 25.6 Å². The van der Waals surface area contributed by atoms with E-state index in [1.54, 1.807) is 0 Å². The molecule has 0 radical (unpaired) electrons. The van der Waals surface area contributed by atoms with Crippen molar-refractivity contribution in [1.82, 2.24) is 10.3 Å². The molecule has 3 nitrogen and oxygen atoms in total. The van der Waals surface area contributed by atoms with E-state index in [2.05, 4.69) is 37.9 Å². The fourth-order valence-electron chi connectivity index (χ4n) is 2.52. The molecule has 1 fully saturated rings. The van der Waals surface area contributed by atoms with E-state index in [9.17, 15) is 0 Å². The summed E-state index contributed by atoms with van der Waals surface area (Å²) in [5, 5.41) is 4.75. The highest BCUT2D eigenvalue weighted by Gasteiger charge is 2.22. The molecule has 0 spiro atoms. The molecule has 1 heterocycles. The quantitative estimate of drug-likeness (QED) is 0.790. The molecular formula is C16H29N3S. The van der Waals surface area contributed by atoms with Crippen LogP contribution >= 0.6 is 11.3 Å². The normalized spacial score (nSPS) is 15.7. The first-order chi connectivity index (χ1) is 9.60. The van der Waals surface area contributed by atoms with Crippen molar-refractivity contribution >= 4 is 16.5 Å². The van der Waals surface area contributed by atoms with Crippen LogP contribution in [0.4, 0.5) is 5.13 Å². The maximum absolute atomic E-state index is 4.80. The number of anilines is 1. The van der Waals surface area contributed by atoms with Gasteiger partial charge in [0.05, 0.1) is 5.69 Å². The molecule has 114 valence electrons. The predicted octanol–water partition coefficient (Wildman–Crippen LogP) is 3.82. The number of hydrogen-bond acceptors (Lipinski definition) is 4. The fourth-order valence-corrected chi connectivity index (χ4v) is 3.62. The van der Waals surface area contributed by atoms with Crippen molar-refractivity contribution in [1.29, 1.82) is 0 Å². The summed E-state index contributed by atoms with van der Waals surface area (Å²) in [6.45, 7) is 13.2. The molecular weight excluding hydrogens is 266 g/mol. The van der Waals surface area contributed by atoms with Crippen molar-refractivity contribution < 1.29 is 0 Å². The Bertz CT molecular complexity index is 410. The van der Waals surface area contributed by atoms with Crippen LogP contribution in [0.3, 0.4) is 0 Å². The van der Waals surface area contributed by atoms with Gasteiger partial charge in [0.25, 0.3) is 0 Å². The molecule has 0 unspecified atom stereocenters. The van der Waals surface area contributed by atoms with Crippen LogP contribution in [0.15, 0.2) is 0 Å². The highest BCUT2D eigenvalue weighted by Crippen LogP contribution is 2.31. The van der Waals surface area contributed by atoms with Gasteiger partial charge in [-0.25, -0.2) is 4.98 Å². The van der Waals surface area contributed by atoms with Crippen molar-refractivity contribution in [3.05, 3.63) is 10.6 Å². The lowest BCUT2D eigenvalue weighted by Crippen LogP contribution is -2.32. The minimum atomic E-state index is 0.702. The van der Waals surface area contributed by atoms with Gasteiger partial charge in [-0.05, 0) is 45.1 Å². The Balaban J connectivity index is 1.93. The van der Waals surface area contributed by atoms with Crippen LogP contribution in [0.25, 0.3) is 0 Å². The summed E-state index contributed by atoms with van der Waals surface area (Å²) in [4.78, 5) is 8.66. The van der Waals surface area contributed by atoms with Crippen LogP contribution in [0.2, 0.25) is 0 Å². The molecule has 0 aliphatic heterocycles. The number of aromatic nitrogens is 1. The Morgan fingerprint density at radius 1 is 1.40 bits per heavy atom. The maximum atomic E-state index is 4.80. The van der Waals surface area contributed by atoms with Gasteiger partial charge in [0.2, 0.25) is 0 Å². The molecule has 1 aliphatic rings. The first kappa shape index (κ1) is 15.8. The van der Waals surface area contributed by atoms with Crippen molar-refractivity contribution in [2.75, 3.05) is 24.5 Å². The number of nitrogens with zero attached hydrogens (tertiary/aromatic N) is 2. The van der Waals surface area contributed by atoms with Gasteiger partial charge in [-0.3, -0.25) is 0 Å². The van der Waals surface area contributed by atoms with E-state index in [1.165, 1.54) is 41.5 Å². The van der Waals surface area contributed by atoms with Crippen molar-refractivity contribution in [3.63, 3.8) is 0 Å². The summed E-state index contributed by atoms with van der Waals surface area (Å²) in [7, 11) is 0. The van der Waals surface area contributed by atoms with E-state index in [-0.39, 0.29) is 0 Å². The third-order valence-electron chi connectivity index (χ3n) is 4.08. The van der Waals surface area contributed by atoms with Gasteiger partial charge in [0.1, 0.15) is 0 Å². The van der Waals surface area contributed by atoms with E-state index >= 15 is 0 Å². The fraction of sp³-hybridized carbons (Fsp3) is 0.812. The molecule has 1 aromatic rings. The number of thiazole rings is 1. The number of aryl methyl sites for hydroxylation is 1.